The average molecular weight is 376 g/mol. The van der Waals surface area contributed by atoms with Crippen LogP contribution in [-0.4, -0.2) is 42.6 Å². The molecular formula is C17H18BrN3S. The lowest BCUT2D eigenvalue weighted by molar-refractivity contribution is 0.288. The van der Waals surface area contributed by atoms with Crippen molar-refractivity contribution in [2.75, 3.05) is 37.6 Å². The van der Waals surface area contributed by atoms with Crippen LogP contribution >= 0.6 is 27.3 Å². The summed E-state index contributed by atoms with van der Waals surface area (Å²) in [5.41, 5.74) is 2.17. The Balaban J connectivity index is 1.51. The van der Waals surface area contributed by atoms with Crippen LogP contribution < -0.4 is 4.90 Å². The molecule has 0 radical (unpaired) electrons. The monoisotopic (exact) mass is 375 g/mol. The number of benzene rings is 1. The molecule has 0 N–H and O–H groups in total. The van der Waals surface area contributed by atoms with E-state index in [4.69, 9.17) is 0 Å². The number of hydrogen-bond acceptors (Lipinski definition) is 4. The van der Waals surface area contributed by atoms with E-state index in [0.717, 1.165) is 52.9 Å². The lowest BCUT2D eigenvalue weighted by atomic mass is 10.2. The van der Waals surface area contributed by atoms with Crippen LogP contribution in [0.4, 0.5) is 5.13 Å². The third-order valence-electron chi connectivity index (χ3n) is 3.68. The molecular weight excluding hydrogens is 358 g/mol. The number of aromatic nitrogens is 1. The minimum Gasteiger partial charge on any atom is -0.345 e. The van der Waals surface area contributed by atoms with E-state index in [1.165, 1.54) is 0 Å². The van der Waals surface area contributed by atoms with Crippen LogP contribution in [0.15, 0.2) is 34.1 Å². The van der Waals surface area contributed by atoms with Gasteiger partial charge in [0.2, 0.25) is 0 Å². The van der Waals surface area contributed by atoms with E-state index < -0.39 is 0 Å². The summed E-state index contributed by atoms with van der Waals surface area (Å²) < 4.78 is 1.14. The standard InChI is InChI=1S/C17H18BrN3S/c1-14-16(18)22-17(19-14)21-12-10-20(11-13-21)9-5-8-15-6-3-2-4-7-15/h2-4,6-7H,9-13H2,1H3. The first-order chi connectivity index (χ1) is 10.7. The summed E-state index contributed by atoms with van der Waals surface area (Å²) in [6.07, 6.45) is 0. The molecule has 0 saturated carbocycles. The van der Waals surface area contributed by atoms with Gasteiger partial charge in [0, 0.05) is 31.7 Å². The molecule has 0 amide bonds. The Morgan fingerprint density at radius 2 is 1.91 bits per heavy atom. The second kappa shape index (κ2) is 7.28. The molecule has 2 aromatic rings. The lowest BCUT2D eigenvalue weighted by Crippen LogP contribution is -2.46. The highest BCUT2D eigenvalue weighted by molar-refractivity contribution is 9.11. The number of rotatable bonds is 2. The highest BCUT2D eigenvalue weighted by Crippen LogP contribution is 2.30. The summed E-state index contributed by atoms with van der Waals surface area (Å²) in [4.78, 5) is 9.38. The predicted octanol–water partition coefficient (Wildman–Crippen LogP) is 3.39. The van der Waals surface area contributed by atoms with Gasteiger partial charge >= 0.3 is 0 Å². The summed E-state index contributed by atoms with van der Waals surface area (Å²) >= 11 is 5.27. The fourth-order valence-electron chi connectivity index (χ4n) is 2.37. The molecule has 22 heavy (non-hydrogen) atoms. The smallest absolute Gasteiger partial charge is 0.186 e. The van der Waals surface area contributed by atoms with Crippen LogP contribution in [0.5, 0.6) is 0 Å². The fourth-order valence-corrected chi connectivity index (χ4v) is 3.74. The first-order valence-corrected chi connectivity index (χ1v) is 8.97. The van der Waals surface area contributed by atoms with Gasteiger partial charge in [-0.2, -0.15) is 0 Å². The zero-order valence-corrected chi connectivity index (χ0v) is 15.0. The molecule has 0 spiro atoms. The molecule has 3 nitrogen and oxygen atoms in total. The Morgan fingerprint density at radius 1 is 1.18 bits per heavy atom. The van der Waals surface area contributed by atoms with E-state index in [2.05, 4.69) is 42.6 Å². The molecule has 1 fully saturated rings. The van der Waals surface area contributed by atoms with Crippen molar-refractivity contribution < 1.29 is 0 Å². The maximum atomic E-state index is 4.61. The third-order valence-corrected chi connectivity index (χ3v) is 5.75. The SMILES string of the molecule is Cc1nc(N2CCN(CC#Cc3ccccc3)CC2)sc1Br. The summed E-state index contributed by atoms with van der Waals surface area (Å²) in [7, 11) is 0. The van der Waals surface area contributed by atoms with Gasteiger partial charge < -0.3 is 4.90 Å². The Bertz CT molecular complexity index is 659. The molecule has 1 aliphatic rings. The zero-order valence-electron chi connectivity index (χ0n) is 12.6. The first-order valence-electron chi connectivity index (χ1n) is 7.36. The summed E-state index contributed by atoms with van der Waals surface area (Å²) in [5.74, 6) is 6.50. The Kier molecular flexibility index (Phi) is 5.14. The van der Waals surface area contributed by atoms with E-state index in [9.17, 15) is 0 Å². The first kappa shape index (κ1) is 15.5. The topological polar surface area (TPSA) is 19.4 Å². The van der Waals surface area contributed by atoms with Crippen LogP contribution in [0.1, 0.15) is 11.3 Å². The van der Waals surface area contributed by atoms with E-state index >= 15 is 0 Å². The fraction of sp³-hybridized carbons (Fsp3) is 0.353. The number of hydrogen-bond donors (Lipinski definition) is 0. The van der Waals surface area contributed by atoms with Crippen molar-refractivity contribution in [2.24, 2.45) is 0 Å². The normalized spacial score (nSPS) is 15.5. The summed E-state index contributed by atoms with van der Waals surface area (Å²) in [6.45, 7) is 7.00. The molecule has 5 heteroatoms. The molecule has 3 rings (SSSR count). The number of halogens is 1. The molecule has 1 aromatic heterocycles. The van der Waals surface area contributed by atoms with Crippen molar-refractivity contribution in [2.45, 2.75) is 6.92 Å². The van der Waals surface area contributed by atoms with Crippen molar-refractivity contribution >= 4 is 32.4 Å². The van der Waals surface area contributed by atoms with Gasteiger partial charge in [0.1, 0.15) is 0 Å². The van der Waals surface area contributed by atoms with Gasteiger partial charge in [-0.3, -0.25) is 4.90 Å². The molecule has 1 aliphatic heterocycles. The van der Waals surface area contributed by atoms with Crippen molar-refractivity contribution in [3.63, 3.8) is 0 Å². The Hall–Kier alpha value is -1.35. The van der Waals surface area contributed by atoms with Crippen LogP contribution in [0.3, 0.4) is 0 Å². The number of thiazole rings is 1. The van der Waals surface area contributed by atoms with E-state index in [0.29, 0.717) is 0 Å². The zero-order chi connectivity index (χ0) is 15.4. The van der Waals surface area contributed by atoms with Crippen molar-refractivity contribution in [3.05, 3.63) is 45.4 Å². The average Bonchev–Trinajstić information content (AvgIpc) is 2.88. The van der Waals surface area contributed by atoms with Crippen LogP contribution in [0.25, 0.3) is 0 Å². The van der Waals surface area contributed by atoms with Gasteiger partial charge in [0.15, 0.2) is 5.13 Å². The van der Waals surface area contributed by atoms with E-state index in [1.54, 1.807) is 11.3 Å². The number of piperazine rings is 1. The maximum Gasteiger partial charge on any atom is 0.186 e. The lowest BCUT2D eigenvalue weighted by Gasteiger charge is -2.33. The molecule has 0 unspecified atom stereocenters. The molecule has 114 valence electrons. The Morgan fingerprint density at radius 3 is 2.55 bits per heavy atom. The van der Waals surface area contributed by atoms with Crippen LogP contribution in [0.2, 0.25) is 0 Å². The predicted molar refractivity (Wildman–Crippen MR) is 96.5 cm³/mol. The Labute approximate surface area is 144 Å². The second-order valence-corrected chi connectivity index (χ2v) is 7.58. The number of nitrogens with zero attached hydrogens (tertiary/aromatic N) is 3. The second-order valence-electron chi connectivity index (χ2n) is 5.29. The third kappa shape index (κ3) is 3.89. The highest BCUT2D eigenvalue weighted by Gasteiger charge is 2.19. The summed E-state index contributed by atoms with van der Waals surface area (Å²) in [6, 6.07) is 10.2. The van der Waals surface area contributed by atoms with Gasteiger partial charge in [-0.05, 0) is 35.0 Å². The number of aryl methyl sites for hydroxylation is 1. The minimum absolute atomic E-state index is 0.837. The van der Waals surface area contributed by atoms with Gasteiger partial charge in [-0.15, -0.1) is 0 Å². The summed E-state index contributed by atoms with van der Waals surface area (Å²) in [5, 5.41) is 1.12. The largest absolute Gasteiger partial charge is 0.345 e. The van der Waals surface area contributed by atoms with Crippen molar-refractivity contribution in [1.29, 1.82) is 0 Å². The maximum absolute atomic E-state index is 4.61. The molecule has 0 aliphatic carbocycles. The quantitative estimate of drug-likeness (QED) is 0.749. The van der Waals surface area contributed by atoms with Gasteiger partial charge in [-0.1, -0.05) is 41.4 Å². The van der Waals surface area contributed by atoms with Crippen LogP contribution in [-0.2, 0) is 0 Å². The van der Waals surface area contributed by atoms with E-state index in [1.807, 2.05) is 37.3 Å². The van der Waals surface area contributed by atoms with Crippen molar-refractivity contribution in [1.82, 2.24) is 9.88 Å². The molecule has 0 bridgehead atoms. The molecule has 1 aromatic carbocycles. The van der Waals surface area contributed by atoms with E-state index in [-0.39, 0.29) is 0 Å². The number of anilines is 1. The highest BCUT2D eigenvalue weighted by atomic mass is 79.9. The molecule has 0 atom stereocenters. The molecule has 2 heterocycles. The van der Waals surface area contributed by atoms with Gasteiger partial charge in [0.05, 0.1) is 16.0 Å². The van der Waals surface area contributed by atoms with Crippen LogP contribution in [0, 0.1) is 18.8 Å². The minimum atomic E-state index is 0.837. The van der Waals surface area contributed by atoms with Crippen molar-refractivity contribution in [3.8, 4) is 11.8 Å². The van der Waals surface area contributed by atoms with Gasteiger partial charge in [-0.25, -0.2) is 4.98 Å². The van der Waals surface area contributed by atoms with Gasteiger partial charge in [0.25, 0.3) is 0 Å². The molecule has 1 saturated heterocycles.